The zero-order chi connectivity index (χ0) is 21.3. The summed E-state index contributed by atoms with van der Waals surface area (Å²) < 4.78 is 23.6. The lowest BCUT2D eigenvalue weighted by molar-refractivity contribution is 0.0927. The van der Waals surface area contributed by atoms with Crippen molar-refractivity contribution in [2.75, 3.05) is 5.75 Å². The van der Waals surface area contributed by atoms with E-state index in [0.29, 0.717) is 6.04 Å². The zero-order valence-electron chi connectivity index (χ0n) is 18.5. The Balaban J connectivity index is 1.67. The standard InChI is InChI=1S/C24H39NO3S/c1-24(2,3)29(27,28)18-11-6-4-5-8-13-20-14-12-15-21(19-20)23(26)25-22-16-9-7-10-17-22/h12,14-15,19,22H,4-11,13,16-18H2,1-3H3,(H,25,26). The Labute approximate surface area is 177 Å². The number of hydrogen-bond donors (Lipinski definition) is 1. The van der Waals surface area contributed by atoms with Gasteiger partial charge in [0.15, 0.2) is 9.84 Å². The Bertz CT molecular complexity index is 744. The van der Waals surface area contributed by atoms with Crippen molar-refractivity contribution in [3.05, 3.63) is 35.4 Å². The summed E-state index contributed by atoms with van der Waals surface area (Å²) in [7, 11) is -3.00. The third-order valence-electron chi connectivity index (χ3n) is 5.94. The quantitative estimate of drug-likeness (QED) is 0.511. The van der Waals surface area contributed by atoms with Gasteiger partial charge in [0.05, 0.1) is 10.5 Å². The monoisotopic (exact) mass is 421 g/mol. The average Bonchev–Trinajstić information content (AvgIpc) is 2.67. The van der Waals surface area contributed by atoms with Crippen LogP contribution in [0.1, 0.15) is 101 Å². The minimum absolute atomic E-state index is 0.0545. The summed E-state index contributed by atoms with van der Waals surface area (Å²) in [6, 6.07) is 8.32. The third kappa shape index (κ3) is 8.12. The van der Waals surface area contributed by atoms with Crippen molar-refractivity contribution in [2.24, 2.45) is 0 Å². The predicted octanol–water partition coefficient (Wildman–Crippen LogP) is 5.46. The van der Waals surface area contributed by atoms with Gasteiger partial charge in [0, 0.05) is 11.6 Å². The van der Waals surface area contributed by atoms with E-state index in [-0.39, 0.29) is 11.7 Å². The van der Waals surface area contributed by atoms with Crippen LogP contribution in [-0.4, -0.2) is 30.9 Å². The molecule has 5 heteroatoms. The van der Waals surface area contributed by atoms with Gasteiger partial charge in [0.25, 0.3) is 5.91 Å². The van der Waals surface area contributed by atoms with Gasteiger partial charge in [0.1, 0.15) is 0 Å². The predicted molar refractivity (Wildman–Crippen MR) is 121 cm³/mol. The summed E-state index contributed by atoms with van der Waals surface area (Å²) in [5.41, 5.74) is 1.97. The molecule has 2 rings (SSSR count). The molecule has 1 aliphatic rings. The maximum absolute atomic E-state index is 12.5. The molecule has 0 heterocycles. The summed E-state index contributed by atoms with van der Waals surface area (Å²) in [6.45, 7) is 5.31. The van der Waals surface area contributed by atoms with Crippen molar-refractivity contribution in [2.45, 2.75) is 102 Å². The van der Waals surface area contributed by atoms with Crippen LogP contribution in [0, 0.1) is 0 Å². The SMILES string of the molecule is CC(C)(C)S(=O)(=O)CCCCCCCc1cccc(C(=O)NC2CCCCC2)c1. The highest BCUT2D eigenvalue weighted by Crippen LogP contribution is 2.19. The Morgan fingerprint density at radius 2 is 1.66 bits per heavy atom. The molecule has 29 heavy (non-hydrogen) atoms. The summed E-state index contributed by atoms with van der Waals surface area (Å²) in [5, 5.41) is 3.19. The molecule has 1 aromatic rings. The van der Waals surface area contributed by atoms with Crippen LogP contribution in [-0.2, 0) is 16.3 Å². The summed E-state index contributed by atoms with van der Waals surface area (Å²) >= 11 is 0. The lowest BCUT2D eigenvalue weighted by Gasteiger charge is -2.22. The first-order valence-electron chi connectivity index (χ1n) is 11.3. The van der Waals surface area contributed by atoms with Gasteiger partial charge in [-0.15, -0.1) is 0 Å². The number of benzene rings is 1. The van der Waals surface area contributed by atoms with Crippen LogP contribution >= 0.6 is 0 Å². The van der Waals surface area contributed by atoms with E-state index >= 15 is 0 Å². The van der Waals surface area contributed by atoms with Gasteiger partial charge in [-0.05, 0) is 70.6 Å². The first-order chi connectivity index (χ1) is 13.7. The molecule has 1 aliphatic carbocycles. The lowest BCUT2D eigenvalue weighted by atomic mass is 9.95. The number of carbonyl (C=O) groups excluding carboxylic acids is 1. The second kappa shape index (κ2) is 11.1. The molecule has 0 aliphatic heterocycles. The van der Waals surface area contributed by atoms with E-state index in [1.807, 2.05) is 18.2 Å². The number of sulfone groups is 1. The maximum atomic E-state index is 12.5. The molecule has 164 valence electrons. The third-order valence-corrected chi connectivity index (χ3v) is 8.63. The van der Waals surface area contributed by atoms with Crippen LogP contribution in [0.25, 0.3) is 0 Å². The van der Waals surface area contributed by atoms with E-state index in [1.54, 1.807) is 20.8 Å². The highest BCUT2D eigenvalue weighted by Gasteiger charge is 2.27. The summed E-state index contributed by atoms with van der Waals surface area (Å²) in [5.74, 6) is 0.341. The first-order valence-corrected chi connectivity index (χ1v) is 13.0. The molecular weight excluding hydrogens is 382 g/mol. The van der Waals surface area contributed by atoms with Crippen LogP contribution in [0.3, 0.4) is 0 Å². The molecule has 0 unspecified atom stereocenters. The number of carbonyl (C=O) groups is 1. The molecular formula is C24H39NO3S. The number of hydrogen-bond acceptors (Lipinski definition) is 3. The Kier molecular flexibility index (Phi) is 9.19. The van der Waals surface area contributed by atoms with Gasteiger partial charge < -0.3 is 5.32 Å². The summed E-state index contributed by atoms with van der Waals surface area (Å²) in [6.07, 6.45) is 11.8. The maximum Gasteiger partial charge on any atom is 0.251 e. The number of nitrogens with one attached hydrogen (secondary N) is 1. The highest BCUT2D eigenvalue weighted by atomic mass is 32.2. The van der Waals surface area contributed by atoms with Gasteiger partial charge in [-0.3, -0.25) is 4.79 Å². The molecule has 0 spiro atoms. The molecule has 0 aromatic heterocycles. The van der Waals surface area contributed by atoms with E-state index in [1.165, 1.54) is 24.8 Å². The van der Waals surface area contributed by atoms with Gasteiger partial charge in [-0.1, -0.05) is 50.7 Å². The molecule has 0 saturated heterocycles. The van der Waals surface area contributed by atoms with Crippen molar-refractivity contribution < 1.29 is 13.2 Å². The topological polar surface area (TPSA) is 63.2 Å². The van der Waals surface area contributed by atoms with E-state index in [9.17, 15) is 13.2 Å². The fourth-order valence-corrected chi connectivity index (χ4v) is 5.04. The fourth-order valence-electron chi connectivity index (χ4n) is 3.84. The molecule has 1 saturated carbocycles. The van der Waals surface area contributed by atoms with Crippen LogP contribution < -0.4 is 5.32 Å². The van der Waals surface area contributed by atoms with Crippen LogP contribution in [0.5, 0.6) is 0 Å². The van der Waals surface area contributed by atoms with Crippen molar-refractivity contribution in [1.82, 2.24) is 5.32 Å². The van der Waals surface area contributed by atoms with Gasteiger partial charge in [-0.25, -0.2) is 8.42 Å². The molecule has 0 bridgehead atoms. The minimum atomic E-state index is -3.00. The van der Waals surface area contributed by atoms with Crippen LogP contribution in [0.2, 0.25) is 0 Å². The number of amides is 1. The molecule has 1 aromatic carbocycles. The highest BCUT2D eigenvalue weighted by molar-refractivity contribution is 7.92. The lowest BCUT2D eigenvalue weighted by Crippen LogP contribution is -2.36. The Morgan fingerprint density at radius 3 is 2.34 bits per heavy atom. The van der Waals surface area contributed by atoms with Gasteiger partial charge in [0.2, 0.25) is 0 Å². The smallest absolute Gasteiger partial charge is 0.251 e. The van der Waals surface area contributed by atoms with Crippen LogP contribution in [0.15, 0.2) is 24.3 Å². The van der Waals surface area contributed by atoms with Crippen molar-refractivity contribution in [1.29, 1.82) is 0 Å². The zero-order valence-corrected chi connectivity index (χ0v) is 19.3. The van der Waals surface area contributed by atoms with E-state index < -0.39 is 14.6 Å². The number of aryl methyl sites for hydroxylation is 1. The van der Waals surface area contributed by atoms with Crippen molar-refractivity contribution >= 4 is 15.7 Å². The molecule has 1 N–H and O–H groups in total. The van der Waals surface area contributed by atoms with E-state index in [4.69, 9.17) is 0 Å². The second-order valence-corrected chi connectivity index (χ2v) is 12.3. The van der Waals surface area contributed by atoms with Crippen molar-refractivity contribution in [3.63, 3.8) is 0 Å². The molecule has 1 fully saturated rings. The number of unbranched alkanes of at least 4 members (excludes halogenated alkanes) is 4. The minimum Gasteiger partial charge on any atom is -0.349 e. The van der Waals surface area contributed by atoms with Gasteiger partial charge >= 0.3 is 0 Å². The molecule has 0 atom stereocenters. The molecule has 4 nitrogen and oxygen atoms in total. The Hall–Kier alpha value is -1.36. The van der Waals surface area contributed by atoms with Crippen LogP contribution in [0.4, 0.5) is 0 Å². The Morgan fingerprint density at radius 1 is 1.00 bits per heavy atom. The largest absolute Gasteiger partial charge is 0.349 e. The average molecular weight is 422 g/mol. The number of rotatable bonds is 10. The molecule has 0 radical (unpaired) electrons. The normalized spacial score (nSPS) is 16.0. The van der Waals surface area contributed by atoms with E-state index in [2.05, 4.69) is 11.4 Å². The molecule has 1 amide bonds. The van der Waals surface area contributed by atoms with Crippen molar-refractivity contribution in [3.8, 4) is 0 Å². The fraction of sp³-hybridized carbons (Fsp3) is 0.708. The summed E-state index contributed by atoms with van der Waals surface area (Å²) in [4.78, 5) is 12.5. The van der Waals surface area contributed by atoms with E-state index in [0.717, 1.165) is 56.9 Å². The van der Waals surface area contributed by atoms with Gasteiger partial charge in [-0.2, -0.15) is 0 Å². The second-order valence-electron chi connectivity index (χ2n) is 9.46. The first kappa shape index (κ1) is 23.9.